The van der Waals surface area contributed by atoms with Crippen LogP contribution < -0.4 is 5.32 Å². The molecule has 1 unspecified atom stereocenters. The van der Waals surface area contributed by atoms with Crippen LogP contribution in [0.25, 0.3) is 10.9 Å². The summed E-state index contributed by atoms with van der Waals surface area (Å²) in [5.41, 5.74) is 2.99. The molecule has 19 heavy (non-hydrogen) atoms. The molecule has 0 radical (unpaired) electrons. The number of nitrogens with one attached hydrogen (secondary N) is 1. The van der Waals surface area contributed by atoms with Crippen molar-refractivity contribution in [2.75, 3.05) is 6.54 Å². The molecule has 3 nitrogen and oxygen atoms in total. The van der Waals surface area contributed by atoms with Gasteiger partial charge in [-0.1, -0.05) is 26.0 Å². The summed E-state index contributed by atoms with van der Waals surface area (Å²) in [6, 6.07) is 12.1. The molecule has 0 saturated carbocycles. The lowest BCUT2D eigenvalue weighted by Crippen LogP contribution is -2.24. The fraction of sp³-hybridized carbons (Fsp3) is 0.375. The summed E-state index contributed by atoms with van der Waals surface area (Å²) in [4.78, 5) is 4.47. The minimum absolute atomic E-state index is 0.256. The van der Waals surface area contributed by atoms with Crippen LogP contribution in [-0.4, -0.2) is 11.5 Å². The SMILES string of the molecule is Cc1ccc2cc(C(C#N)NCC(C)C)ccc2n1. The second kappa shape index (κ2) is 5.81. The lowest BCUT2D eigenvalue weighted by Gasteiger charge is -2.14. The predicted molar refractivity (Wildman–Crippen MR) is 77.7 cm³/mol. The highest BCUT2D eigenvalue weighted by Gasteiger charge is 2.11. The molecule has 0 aliphatic carbocycles. The first kappa shape index (κ1) is 13.5. The van der Waals surface area contributed by atoms with Crippen LogP contribution in [0.4, 0.5) is 0 Å². The van der Waals surface area contributed by atoms with Crippen molar-refractivity contribution in [1.29, 1.82) is 5.26 Å². The fourth-order valence-electron chi connectivity index (χ4n) is 2.02. The number of pyridine rings is 1. The summed E-state index contributed by atoms with van der Waals surface area (Å²) in [7, 11) is 0. The van der Waals surface area contributed by atoms with Gasteiger partial charge in [-0.05, 0) is 43.1 Å². The Morgan fingerprint density at radius 3 is 2.74 bits per heavy atom. The van der Waals surface area contributed by atoms with E-state index >= 15 is 0 Å². The molecular formula is C16H19N3. The maximum absolute atomic E-state index is 9.28. The molecule has 0 bridgehead atoms. The van der Waals surface area contributed by atoms with Crippen LogP contribution in [0.15, 0.2) is 30.3 Å². The summed E-state index contributed by atoms with van der Waals surface area (Å²) >= 11 is 0. The van der Waals surface area contributed by atoms with E-state index in [2.05, 4.69) is 36.3 Å². The molecular weight excluding hydrogens is 234 g/mol. The van der Waals surface area contributed by atoms with Crippen LogP contribution in [0.2, 0.25) is 0 Å². The first-order chi connectivity index (χ1) is 9.10. The van der Waals surface area contributed by atoms with Crippen LogP contribution in [-0.2, 0) is 0 Å². The number of nitriles is 1. The Bertz CT molecular complexity index is 611. The highest BCUT2D eigenvalue weighted by atomic mass is 14.9. The maximum Gasteiger partial charge on any atom is 0.121 e. The minimum Gasteiger partial charge on any atom is -0.298 e. The normalized spacial score (nSPS) is 12.6. The summed E-state index contributed by atoms with van der Waals surface area (Å²) in [5.74, 6) is 0.528. The summed E-state index contributed by atoms with van der Waals surface area (Å²) < 4.78 is 0. The van der Waals surface area contributed by atoms with Crippen molar-refractivity contribution >= 4 is 10.9 Å². The zero-order valence-electron chi connectivity index (χ0n) is 11.6. The molecule has 0 spiro atoms. The highest BCUT2D eigenvalue weighted by molar-refractivity contribution is 5.79. The van der Waals surface area contributed by atoms with Gasteiger partial charge in [0, 0.05) is 11.1 Å². The average molecular weight is 253 g/mol. The average Bonchev–Trinajstić information content (AvgIpc) is 2.39. The van der Waals surface area contributed by atoms with Gasteiger partial charge in [0.1, 0.15) is 6.04 Å². The standard InChI is InChI=1S/C16H19N3/c1-11(2)10-18-16(9-17)14-6-7-15-13(8-14)5-4-12(3)19-15/h4-8,11,16,18H,10H2,1-3H3. The molecule has 1 aromatic carbocycles. The van der Waals surface area contributed by atoms with Crippen LogP contribution in [0.5, 0.6) is 0 Å². The molecule has 1 heterocycles. The van der Waals surface area contributed by atoms with E-state index < -0.39 is 0 Å². The number of hydrogen-bond acceptors (Lipinski definition) is 3. The molecule has 2 aromatic rings. The van der Waals surface area contributed by atoms with Crippen LogP contribution in [0.3, 0.4) is 0 Å². The van der Waals surface area contributed by atoms with Gasteiger partial charge in [-0.15, -0.1) is 0 Å². The first-order valence-electron chi connectivity index (χ1n) is 6.60. The molecule has 1 N–H and O–H groups in total. The fourth-order valence-corrected chi connectivity index (χ4v) is 2.02. The van der Waals surface area contributed by atoms with E-state index in [1.54, 1.807) is 0 Å². The van der Waals surface area contributed by atoms with E-state index in [0.717, 1.165) is 28.7 Å². The molecule has 0 saturated heterocycles. The molecule has 0 aliphatic rings. The molecule has 0 aliphatic heterocycles. The molecule has 98 valence electrons. The van der Waals surface area contributed by atoms with Crippen molar-refractivity contribution < 1.29 is 0 Å². The largest absolute Gasteiger partial charge is 0.298 e. The van der Waals surface area contributed by atoms with Gasteiger partial charge in [0.25, 0.3) is 0 Å². The Morgan fingerprint density at radius 2 is 2.05 bits per heavy atom. The van der Waals surface area contributed by atoms with Crippen molar-refractivity contribution in [1.82, 2.24) is 10.3 Å². The third kappa shape index (κ3) is 3.30. The van der Waals surface area contributed by atoms with Gasteiger partial charge < -0.3 is 0 Å². The van der Waals surface area contributed by atoms with Crippen LogP contribution in [0.1, 0.15) is 31.1 Å². The number of aromatic nitrogens is 1. The van der Waals surface area contributed by atoms with Crippen LogP contribution >= 0.6 is 0 Å². The van der Waals surface area contributed by atoms with Crippen molar-refractivity contribution in [2.45, 2.75) is 26.8 Å². The zero-order chi connectivity index (χ0) is 13.8. The van der Waals surface area contributed by atoms with Crippen molar-refractivity contribution in [3.63, 3.8) is 0 Å². The van der Waals surface area contributed by atoms with E-state index in [1.807, 2.05) is 31.2 Å². The smallest absolute Gasteiger partial charge is 0.121 e. The molecule has 3 heteroatoms. The van der Waals surface area contributed by atoms with Gasteiger partial charge in [-0.25, -0.2) is 0 Å². The third-order valence-corrected chi connectivity index (χ3v) is 3.05. The van der Waals surface area contributed by atoms with Crippen LogP contribution in [0, 0.1) is 24.2 Å². The minimum atomic E-state index is -0.256. The quantitative estimate of drug-likeness (QED) is 0.909. The molecule has 2 rings (SSSR count). The Kier molecular flexibility index (Phi) is 4.13. The van der Waals surface area contributed by atoms with E-state index in [9.17, 15) is 5.26 Å². The lowest BCUT2D eigenvalue weighted by molar-refractivity contribution is 0.525. The highest BCUT2D eigenvalue weighted by Crippen LogP contribution is 2.19. The third-order valence-electron chi connectivity index (χ3n) is 3.05. The Labute approximate surface area is 114 Å². The summed E-state index contributed by atoms with van der Waals surface area (Å²) in [5, 5.41) is 13.6. The topological polar surface area (TPSA) is 48.7 Å². The number of hydrogen-bond donors (Lipinski definition) is 1. The molecule has 0 amide bonds. The van der Waals surface area contributed by atoms with Crippen molar-refractivity contribution in [3.8, 4) is 6.07 Å². The number of rotatable bonds is 4. The second-order valence-corrected chi connectivity index (χ2v) is 5.27. The van der Waals surface area contributed by atoms with Gasteiger partial charge in [-0.2, -0.15) is 5.26 Å². The predicted octanol–water partition coefficient (Wildman–Crippen LogP) is 3.35. The van der Waals surface area contributed by atoms with Gasteiger partial charge in [0.15, 0.2) is 0 Å². The molecule has 1 atom stereocenters. The Morgan fingerprint density at radius 1 is 1.26 bits per heavy atom. The van der Waals surface area contributed by atoms with Crippen molar-refractivity contribution in [3.05, 3.63) is 41.6 Å². The summed E-state index contributed by atoms with van der Waals surface area (Å²) in [6.07, 6.45) is 0. The maximum atomic E-state index is 9.28. The van der Waals surface area contributed by atoms with E-state index in [0.29, 0.717) is 5.92 Å². The number of benzene rings is 1. The first-order valence-corrected chi connectivity index (χ1v) is 6.60. The van der Waals surface area contributed by atoms with Gasteiger partial charge in [0.05, 0.1) is 11.6 Å². The van der Waals surface area contributed by atoms with Crippen molar-refractivity contribution in [2.24, 2.45) is 5.92 Å². The van der Waals surface area contributed by atoms with E-state index in [-0.39, 0.29) is 6.04 Å². The number of nitrogens with zero attached hydrogens (tertiary/aromatic N) is 2. The zero-order valence-corrected chi connectivity index (χ0v) is 11.6. The van der Waals surface area contributed by atoms with Gasteiger partial charge in [0.2, 0.25) is 0 Å². The Balaban J connectivity index is 2.29. The monoisotopic (exact) mass is 253 g/mol. The van der Waals surface area contributed by atoms with E-state index in [4.69, 9.17) is 0 Å². The number of fused-ring (bicyclic) bond motifs is 1. The second-order valence-electron chi connectivity index (χ2n) is 5.27. The number of aryl methyl sites for hydroxylation is 1. The molecule has 1 aromatic heterocycles. The lowest BCUT2D eigenvalue weighted by atomic mass is 10.0. The molecule has 0 fully saturated rings. The van der Waals surface area contributed by atoms with Gasteiger partial charge >= 0.3 is 0 Å². The van der Waals surface area contributed by atoms with E-state index in [1.165, 1.54) is 0 Å². The Hall–Kier alpha value is -1.92. The summed E-state index contributed by atoms with van der Waals surface area (Å²) in [6.45, 7) is 7.08. The van der Waals surface area contributed by atoms with Gasteiger partial charge in [-0.3, -0.25) is 10.3 Å².